The SMILES string of the molecule is CC(NCC1CCSC1)C1CCCN(C(=O)OC(C)(C)C)C1. The topological polar surface area (TPSA) is 41.6 Å². The van der Waals surface area contributed by atoms with E-state index in [4.69, 9.17) is 4.74 Å². The first-order valence-electron chi connectivity index (χ1n) is 8.64. The normalized spacial score (nSPS) is 27.7. The summed E-state index contributed by atoms with van der Waals surface area (Å²) in [5, 5.41) is 3.71. The molecule has 0 aromatic rings. The molecular weight excluding hydrogens is 296 g/mol. The Kier molecular flexibility index (Phi) is 6.45. The first kappa shape index (κ1) is 17.9. The third-order valence-corrected chi connectivity index (χ3v) is 5.80. The number of likely N-dealkylation sites (tertiary alicyclic amines) is 1. The van der Waals surface area contributed by atoms with Crippen molar-refractivity contribution < 1.29 is 9.53 Å². The fourth-order valence-electron chi connectivity index (χ4n) is 3.17. The second-order valence-electron chi connectivity index (χ2n) is 7.76. The average molecular weight is 329 g/mol. The van der Waals surface area contributed by atoms with Crippen molar-refractivity contribution in [3.8, 4) is 0 Å². The monoisotopic (exact) mass is 328 g/mol. The molecule has 3 unspecified atom stereocenters. The molecule has 2 rings (SSSR count). The fraction of sp³-hybridized carbons (Fsp3) is 0.941. The van der Waals surface area contributed by atoms with E-state index in [9.17, 15) is 4.79 Å². The number of ether oxygens (including phenoxy) is 1. The Hall–Kier alpha value is -0.420. The number of thioether (sulfide) groups is 1. The highest BCUT2D eigenvalue weighted by Crippen LogP contribution is 2.25. The molecule has 2 aliphatic rings. The maximum Gasteiger partial charge on any atom is 0.410 e. The van der Waals surface area contributed by atoms with Gasteiger partial charge in [-0.1, -0.05) is 0 Å². The standard InChI is InChI=1S/C17H32N2O2S/c1-13(18-10-14-7-9-22-12-14)15-6-5-8-19(11-15)16(20)21-17(2,3)4/h13-15,18H,5-12H2,1-4H3. The second-order valence-corrected chi connectivity index (χ2v) is 8.91. The van der Waals surface area contributed by atoms with Gasteiger partial charge in [0.25, 0.3) is 0 Å². The van der Waals surface area contributed by atoms with Gasteiger partial charge < -0.3 is 15.0 Å². The molecule has 2 heterocycles. The average Bonchev–Trinajstić information content (AvgIpc) is 2.96. The van der Waals surface area contributed by atoms with Crippen molar-refractivity contribution in [1.82, 2.24) is 10.2 Å². The predicted octanol–water partition coefficient (Wildman–Crippen LogP) is 3.36. The number of rotatable bonds is 4. The van der Waals surface area contributed by atoms with Crippen LogP contribution in [0.5, 0.6) is 0 Å². The van der Waals surface area contributed by atoms with Crippen LogP contribution in [0.1, 0.15) is 47.0 Å². The molecule has 1 amide bonds. The third-order valence-electron chi connectivity index (χ3n) is 4.57. The minimum atomic E-state index is -0.409. The minimum Gasteiger partial charge on any atom is -0.444 e. The Morgan fingerprint density at radius 3 is 2.82 bits per heavy atom. The van der Waals surface area contributed by atoms with Gasteiger partial charge in [0, 0.05) is 19.1 Å². The highest BCUT2D eigenvalue weighted by molar-refractivity contribution is 7.99. The third kappa shape index (κ3) is 5.65. The maximum atomic E-state index is 12.2. The van der Waals surface area contributed by atoms with Crippen LogP contribution in [0.25, 0.3) is 0 Å². The molecule has 0 aliphatic carbocycles. The van der Waals surface area contributed by atoms with Gasteiger partial charge in [-0.25, -0.2) is 4.79 Å². The zero-order valence-electron chi connectivity index (χ0n) is 14.6. The largest absolute Gasteiger partial charge is 0.444 e. The van der Waals surface area contributed by atoms with Crippen LogP contribution in [0, 0.1) is 11.8 Å². The van der Waals surface area contributed by atoms with E-state index >= 15 is 0 Å². The summed E-state index contributed by atoms with van der Waals surface area (Å²) < 4.78 is 5.51. The lowest BCUT2D eigenvalue weighted by Crippen LogP contribution is -2.48. The molecule has 2 fully saturated rings. The zero-order chi connectivity index (χ0) is 16.2. The summed E-state index contributed by atoms with van der Waals surface area (Å²) in [6.07, 6.45) is 3.47. The van der Waals surface area contributed by atoms with Gasteiger partial charge in [-0.3, -0.25) is 0 Å². The summed E-state index contributed by atoms with van der Waals surface area (Å²) in [4.78, 5) is 14.1. The Labute approximate surface area is 139 Å². The van der Waals surface area contributed by atoms with E-state index in [1.807, 2.05) is 25.7 Å². The molecule has 128 valence electrons. The molecule has 2 saturated heterocycles. The maximum absolute atomic E-state index is 12.2. The van der Waals surface area contributed by atoms with Gasteiger partial charge >= 0.3 is 6.09 Å². The van der Waals surface area contributed by atoms with Gasteiger partial charge in [0.2, 0.25) is 0 Å². The number of hydrogen-bond donors (Lipinski definition) is 1. The summed E-state index contributed by atoms with van der Waals surface area (Å²) >= 11 is 2.07. The van der Waals surface area contributed by atoms with Crippen molar-refractivity contribution in [2.45, 2.75) is 58.6 Å². The van der Waals surface area contributed by atoms with Gasteiger partial charge in [-0.2, -0.15) is 11.8 Å². The molecule has 5 heteroatoms. The highest BCUT2D eigenvalue weighted by atomic mass is 32.2. The van der Waals surface area contributed by atoms with Crippen LogP contribution < -0.4 is 5.32 Å². The lowest BCUT2D eigenvalue weighted by Gasteiger charge is -2.37. The molecule has 0 aromatic heterocycles. The first-order valence-corrected chi connectivity index (χ1v) is 9.79. The molecule has 4 nitrogen and oxygen atoms in total. The van der Waals surface area contributed by atoms with Gasteiger partial charge in [0.1, 0.15) is 5.60 Å². The molecular formula is C17H32N2O2S. The Morgan fingerprint density at radius 1 is 1.41 bits per heavy atom. The van der Waals surface area contributed by atoms with E-state index in [2.05, 4.69) is 24.0 Å². The molecule has 1 N–H and O–H groups in total. The van der Waals surface area contributed by atoms with Crippen molar-refractivity contribution in [2.75, 3.05) is 31.1 Å². The van der Waals surface area contributed by atoms with Crippen molar-refractivity contribution in [2.24, 2.45) is 11.8 Å². The number of hydrogen-bond acceptors (Lipinski definition) is 4. The summed E-state index contributed by atoms with van der Waals surface area (Å²) in [6.45, 7) is 10.8. The summed E-state index contributed by atoms with van der Waals surface area (Å²) in [5.41, 5.74) is -0.409. The fourth-order valence-corrected chi connectivity index (χ4v) is 4.46. The zero-order valence-corrected chi connectivity index (χ0v) is 15.4. The minimum absolute atomic E-state index is 0.156. The van der Waals surface area contributed by atoms with E-state index in [1.54, 1.807) is 0 Å². The number of carbonyl (C=O) groups excluding carboxylic acids is 1. The first-order chi connectivity index (χ1) is 10.3. The van der Waals surface area contributed by atoms with Crippen LogP contribution in [0.3, 0.4) is 0 Å². The molecule has 0 spiro atoms. The van der Waals surface area contributed by atoms with Crippen molar-refractivity contribution in [3.05, 3.63) is 0 Å². The molecule has 0 radical (unpaired) electrons. The van der Waals surface area contributed by atoms with E-state index in [0.717, 1.165) is 32.0 Å². The van der Waals surface area contributed by atoms with Gasteiger partial charge in [0.15, 0.2) is 0 Å². The van der Waals surface area contributed by atoms with Crippen molar-refractivity contribution >= 4 is 17.9 Å². The molecule has 2 aliphatic heterocycles. The van der Waals surface area contributed by atoms with Crippen LogP contribution >= 0.6 is 11.8 Å². The lowest BCUT2D eigenvalue weighted by atomic mass is 9.91. The van der Waals surface area contributed by atoms with Crippen LogP contribution in [0.15, 0.2) is 0 Å². The number of carbonyl (C=O) groups is 1. The molecule has 3 atom stereocenters. The van der Waals surface area contributed by atoms with Crippen LogP contribution in [0.4, 0.5) is 4.79 Å². The Balaban J connectivity index is 1.77. The number of piperidine rings is 1. The van der Waals surface area contributed by atoms with Crippen LogP contribution in [0.2, 0.25) is 0 Å². The summed E-state index contributed by atoms with van der Waals surface area (Å²) in [5.74, 6) is 3.98. The van der Waals surface area contributed by atoms with E-state index < -0.39 is 5.60 Å². The van der Waals surface area contributed by atoms with E-state index in [1.165, 1.54) is 24.3 Å². The summed E-state index contributed by atoms with van der Waals surface area (Å²) in [7, 11) is 0. The van der Waals surface area contributed by atoms with E-state index in [0.29, 0.717) is 12.0 Å². The second kappa shape index (κ2) is 7.91. The smallest absolute Gasteiger partial charge is 0.410 e. The lowest BCUT2D eigenvalue weighted by molar-refractivity contribution is 0.0148. The van der Waals surface area contributed by atoms with Gasteiger partial charge in [-0.15, -0.1) is 0 Å². The van der Waals surface area contributed by atoms with Gasteiger partial charge in [0.05, 0.1) is 0 Å². The van der Waals surface area contributed by atoms with Gasteiger partial charge in [-0.05, 0) is 76.8 Å². The molecule has 0 aromatic carbocycles. The molecule has 0 bridgehead atoms. The number of nitrogens with one attached hydrogen (secondary N) is 1. The number of amides is 1. The van der Waals surface area contributed by atoms with Crippen molar-refractivity contribution in [1.29, 1.82) is 0 Å². The Morgan fingerprint density at radius 2 is 2.18 bits per heavy atom. The quantitative estimate of drug-likeness (QED) is 0.859. The highest BCUT2D eigenvalue weighted by Gasteiger charge is 2.30. The van der Waals surface area contributed by atoms with E-state index in [-0.39, 0.29) is 6.09 Å². The van der Waals surface area contributed by atoms with Crippen LogP contribution in [-0.4, -0.2) is 53.8 Å². The number of nitrogens with zero attached hydrogens (tertiary/aromatic N) is 1. The molecule has 22 heavy (non-hydrogen) atoms. The van der Waals surface area contributed by atoms with Crippen LogP contribution in [-0.2, 0) is 4.74 Å². The van der Waals surface area contributed by atoms with Crippen molar-refractivity contribution in [3.63, 3.8) is 0 Å². The Bertz CT molecular complexity index is 364. The predicted molar refractivity (Wildman–Crippen MR) is 93.4 cm³/mol. The summed E-state index contributed by atoms with van der Waals surface area (Å²) in [6, 6.07) is 0.468. The molecule has 0 saturated carbocycles.